The Morgan fingerprint density at radius 3 is 2.28 bits per heavy atom. The average Bonchev–Trinajstić information content (AvgIpc) is 3.18. The maximum absolute atomic E-state index is 13.4. The number of methoxy groups -OCH3 is 3. The van der Waals surface area contributed by atoms with Gasteiger partial charge in [0.2, 0.25) is 0 Å². The maximum Gasteiger partial charge on any atom is 0.337 e. The third-order valence-corrected chi connectivity index (χ3v) is 6.20. The van der Waals surface area contributed by atoms with Crippen LogP contribution in [0.2, 0.25) is 5.02 Å². The molecule has 0 aromatic heterocycles. The SMILES string of the molecule is COC(=O)c1ccc(N2C(=O)C(=O)/C(=C(/O)c3cc(OC)ccc3Cl)C2c2ccccc2OC)cc1. The minimum atomic E-state index is -1.05. The van der Waals surface area contributed by atoms with Crippen molar-refractivity contribution in [2.24, 2.45) is 0 Å². The summed E-state index contributed by atoms with van der Waals surface area (Å²) in [5.41, 5.74) is 1.04. The van der Waals surface area contributed by atoms with Crippen molar-refractivity contribution in [3.05, 3.63) is 94.0 Å². The Morgan fingerprint density at radius 2 is 1.64 bits per heavy atom. The van der Waals surface area contributed by atoms with Crippen LogP contribution >= 0.6 is 11.6 Å². The van der Waals surface area contributed by atoms with Crippen LogP contribution in [-0.2, 0) is 14.3 Å². The van der Waals surface area contributed by atoms with Gasteiger partial charge in [-0.05, 0) is 48.5 Å². The summed E-state index contributed by atoms with van der Waals surface area (Å²) >= 11 is 6.35. The first-order valence-corrected chi connectivity index (χ1v) is 11.2. The number of rotatable bonds is 6. The lowest BCUT2D eigenvalue weighted by molar-refractivity contribution is -0.132. The lowest BCUT2D eigenvalue weighted by Crippen LogP contribution is -2.29. The summed E-state index contributed by atoms with van der Waals surface area (Å²) in [6.07, 6.45) is 0. The highest BCUT2D eigenvalue weighted by Crippen LogP contribution is 2.45. The summed E-state index contributed by atoms with van der Waals surface area (Å²) in [7, 11) is 4.19. The van der Waals surface area contributed by atoms with Crippen LogP contribution in [0.4, 0.5) is 5.69 Å². The molecule has 3 aromatic carbocycles. The number of amides is 1. The summed E-state index contributed by atoms with van der Waals surface area (Å²) in [5.74, 6) is -1.96. The van der Waals surface area contributed by atoms with E-state index in [1.165, 1.54) is 62.6 Å². The lowest BCUT2D eigenvalue weighted by Gasteiger charge is -2.26. The van der Waals surface area contributed by atoms with Gasteiger partial charge in [0.05, 0.1) is 43.5 Å². The largest absolute Gasteiger partial charge is 0.507 e. The molecule has 0 saturated carbocycles. The lowest BCUT2D eigenvalue weighted by atomic mass is 9.94. The van der Waals surface area contributed by atoms with Crippen LogP contribution in [0.15, 0.2) is 72.3 Å². The van der Waals surface area contributed by atoms with Gasteiger partial charge in [0.15, 0.2) is 0 Å². The number of esters is 1. The molecule has 1 amide bonds. The molecular weight excluding hydrogens is 486 g/mol. The van der Waals surface area contributed by atoms with E-state index < -0.39 is 29.5 Å². The first-order chi connectivity index (χ1) is 17.3. The maximum atomic E-state index is 13.4. The third-order valence-electron chi connectivity index (χ3n) is 5.87. The van der Waals surface area contributed by atoms with E-state index in [1.54, 1.807) is 30.3 Å². The molecule has 1 saturated heterocycles. The number of aliphatic hydroxyl groups is 1. The number of hydrogen-bond acceptors (Lipinski definition) is 7. The monoisotopic (exact) mass is 507 g/mol. The van der Waals surface area contributed by atoms with Crippen LogP contribution in [0, 0.1) is 0 Å². The Hall–Kier alpha value is -4.30. The second kappa shape index (κ2) is 10.1. The van der Waals surface area contributed by atoms with E-state index in [1.807, 2.05) is 0 Å². The standard InChI is InChI=1S/C27H22ClNO7/c1-34-17-12-13-20(28)19(14-17)24(30)22-23(18-6-4-5-7-21(18)35-2)29(26(32)25(22)31)16-10-8-15(9-11-16)27(33)36-3/h4-14,23,30H,1-3H3/b24-22+. The summed E-state index contributed by atoms with van der Waals surface area (Å²) in [6.45, 7) is 0. The van der Waals surface area contributed by atoms with Crippen LogP contribution in [-0.4, -0.2) is 44.1 Å². The Balaban J connectivity index is 1.96. The van der Waals surface area contributed by atoms with Gasteiger partial charge >= 0.3 is 5.97 Å². The third kappa shape index (κ3) is 4.27. The van der Waals surface area contributed by atoms with Crippen molar-refractivity contribution in [3.63, 3.8) is 0 Å². The fourth-order valence-electron chi connectivity index (χ4n) is 4.12. The number of halogens is 1. The number of benzene rings is 3. The molecule has 3 aromatic rings. The zero-order valence-electron chi connectivity index (χ0n) is 19.7. The number of ketones is 1. The van der Waals surface area contributed by atoms with E-state index in [-0.39, 0.29) is 21.7 Å². The second-order valence-electron chi connectivity index (χ2n) is 7.80. The number of ether oxygens (including phenoxy) is 3. The molecule has 1 N–H and O–H groups in total. The highest BCUT2D eigenvalue weighted by Gasteiger charge is 2.48. The van der Waals surface area contributed by atoms with E-state index in [4.69, 9.17) is 25.8 Å². The molecule has 0 spiro atoms. The first kappa shape index (κ1) is 24.8. The predicted molar refractivity (Wildman–Crippen MR) is 134 cm³/mol. The van der Waals surface area contributed by atoms with Crippen molar-refractivity contribution in [3.8, 4) is 11.5 Å². The van der Waals surface area contributed by atoms with Gasteiger partial charge in [0.25, 0.3) is 11.7 Å². The normalized spacial score (nSPS) is 16.7. The number of hydrogen-bond donors (Lipinski definition) is 1. The van der Waals surface area contributed by atoms with Gasteiger partial charge in [-0.3, -0.25) is 14.5 Å². The van der Waals surface area contributed by atoms with Crippen molar-refractivity contribution in [1.29, 1.82) is 0 Å². The molecule has 0 bridgehead atoms. The molecule has 1 heterocycles. The van der Waals surface area contributed by atoms with Crippen molar-refractivity contribution in [2.45, 2.75) is 6.04 Å². The molecule has 1 aliphatic heterocycles. The van der Waals surface area contributed by atoms with Crippen LogP contribution in [0.1, 0.15) is 27.5 Å². The zero-order chi connectivity index (χ0) is 26.0. The van der Waals surface area contributed by atoms with Gasteiger partial charge in [-0.15, -0.1) is 0 Å². The Morgan fingerprint density at radius 1 is 0.944 bits per heavy atom. The van der Waals surface area contributed by atoms with E-state index in [9.17, 15) is 19.5 Å². The van der Waals surface area contributed by atoms with Gasteiger partial charge < -0.3 is 19.3 Å². The average molecular weight is 508 g/mol. The quantitative estimate of drug-likeness (QED) is 0.222. The van der Waals surface area contributed by atoms with E-state index >= 15 is 0 Å². The smallest absolute Gasteiger partial charge is 0.337 e. The molecule has 36 heavy (non-hydrogen) atoms. The molecule has 184 valence electrons. The van der Waals surface area contributed by atoms with Crippen LogP contribution in [0.3, 0.4) is 0 Å². The molecule has 1 unspecified atom stereocenters. The topological polar surface area (TPSA) is 102 Å². The van der Waals surface area contributed by atoms with Crippen molar-refractivity contribution >= 4 is 40.7 Å². The van der Waals surface area contributed by atoms with E-state index in [0.29, 0.717) is 22.7 Å². The Kier molecular flexibility index (Phi) is 6.98. The van der Waals surface area contributed by atoms with Gasteiger partial charge in [-0.2, -0.15) is 0 Å². The molecule has 0 radical (unpaired) electrons. The minimum Gasteiger partial charge on any atom is -0.507 e. The molecule has 1 fully saturated rings. The van der Waals surface area contributed by atoms with Crippen LogP contribution in [0.5, 0.6) is 11.5 Å². The van der Waals surface area contributed by atoms with E-state index in [0.717, 1.165) is 0 Å². The summed E-state index contributed by atoms with van der Waals surface area (Å²) < 4.78 is 15.5. The van der Waals surface area contributed by atoms with Crippen LogP contribution in [0.25, 0.3) is 5.76 Å². The Labute approximate surface area is 212 Å². The van der Waals surface area contributed by atoms with Crippen molar-refractivity contribution < 1.29 is 33.7 Å². The van der Waals surface area contributed by atoms with Gasteiger partial charge in [0.1, 0.15) is 17.3 Å². The van der Waals surface area contributed by atoms with Crippen LogP contribution < -0.4 is 14.4 Å². The fraction of sp³-hybridized carbons (Fsp3) is 0.148. The number of nitrogens with zero attached hydrogens (tertiary/aromatic N) is 1. The molecule has 8 nitrogen and oxygen atoms in total. The highest BCUT2D eigenvalue weighted by molar-refractivity contribution is 6.52. The number of para-hydroxylation sites is 1. The first-order valence-electron chi connectivity index (χ1n) is 10.8. The van der Waals surface area contributed by atoms with Gasteiger partial charge in [-0.25, -0.2) is 4.79 Å². The van der Waals surface area contributed by atoms with E-state index in [2.05, 4.69) is 0 Å². The predicted octanol–water partition coefficient (Wildman–Crippen LogP) is 4.77. The molecule has 0 aliphatic carbocycles. The summed E-state index contributed by atoms with van der Waals surface area (Å²) in [5, 5.41) is 11.5. The summed E-state index contributed by atoms with van der Waals surface area (Å²) in [4.78, 5) is 39.9. The number of aliphatic hydroxyl groups excluding tert-OH is 1. The van der Waals surface area contributed by atoms with Crippen molar-refractivity contribution in [2.75, 3.05) is 26.2 Å². The number of Topliss-reactive ketones (excluding diaryl/α,β-unsaturated/α-hetero) is 1. The summed E-state index contributed by atoms with van der Waals surface area (Å²) in [6, 6.07) is 16.5. The molecule has 1 aliphatic rings. The number of carbonyl (C=O) groups excluding carboxylic acids is 3. The molecule has 4 rings (SSSR count). The highest BCUT2D eigenvalue weighted by atomic mass is 35.5. The minimum absolute atomic E-state index is 0.134. The Bertz CT molecular complexity index is 1380. The number of carbonyl (C=O) groups is 3. The molecule has 1 atom stereocenters. The van der Waals surface area contributed by atoms with Gasteiger partial charge in [-0.1, -0.05) is 29.8 Å². The second-order valence-corrected chi connectivity index (χ2v) is 8.20. The molecular formula is C27H22ClNO7. The van der Waals surface area contributed by atoms with Gasteiger partial charge in [0, 0.05) is 16.8 Å². The number of anilines is 1. The zero-order valence-corrected chi connectivity index (χ0v) is 20.4. The fourth-order valence-corrected chi connectivity index (χ4v) is 4.33. The molecule has 9 heteroatoms. The van der Waals surface area contributed by atoms with Crippen molar-refractivity contribution in [1.82, 2.24) is 0 Å².